The van der Waals surface area contributed by atoms with Gasteiger partial charge < -0.3 is 4.57 Å². The Labute approximate surface area is 143 Å². The standard InChI is InChI=1S/C20H14ClNO2/c1-12(23)11-22-7-6-18(24)19-16-9-14-5-3-2-4-13(14)8-15(16)10-17(21)20(19)22/h2-10H,11H2,1H3. The van der Waals surface area contributed by atoms with Crippen LogP contribution < -0.4 is 5.43 Å². The molecule has 0 aliphatic heterocycles. The average molecular weight is 336 g/mol. The number of pyridine rings is 1. The number of halogens is 1. The summed E-state index contributed by atoms with van der Waals surface area (Å²) < 4.78 is 1.75. The summed E-state index contributed by atoms with van der Waals surface area (Å²) in [7, 11) is 0. The van der Waals surface area contributed by atoms with E-state index in [0.717, 1.165) is 21.5 Å². The van der Waals surface area contributed by atoms with E-state index in [-0.39, 0.29) is 17.8 Å². The van der Waals surface area contributed by atoms with Crippen LogP contribution in [0.15, 0.2) is 59.5 Å². The molecular formula is C20H14ClNO2. The molecule has 0 bridgehead atoms. The summed E-state index contributed by atoms with van der Waals surface area (Å²) in [6.45, 7) is 1.71. The Balaban J connectivity index is 2.22. The molecule has 0 aliphatic rings. The summed E-state index contributed by atoms with van der Waals surface area (Å²) in [6, 6.07) is 15.4. The quantitative estimate of drug-likeness (QED) is 0.398. The second kappa shape index (κ2) is 5.46. The molecule has 0 fully saturated rings. The fraction of sp³-hybridized carbons (Fsp3) is 0.100. The number of aromatic nitrogens is 1. The molecule has 118 valence electrons. The van der Waals surface area contributed by atoms with Gasteiger partial charge in [0.1, 0.15) is 5.78 Å². The Bertz CT molecular complexity index is 1190. The van der Waals surface area contributed by atoms with Crippen molar-refractivity contribution in [3.63, 3.8) is 0 Å². The first-order valence-electron chi connectivity index (χ1n) is 7.68. The van der Waals surface area contributed by atoms with Gasteiger partial charge in [0.25, 0.3) is 0 Å². The van der Waals surface area contributed by atoms with Crippen LogP contribution in [0.1, 0.15) is 6.92 Å². The smallest absolute Gasteiger partial charge is 0.190 e. The lowest BCUT2D eigenvalue weighted by Gasteiger charge is -2.13. The largest absolute Gasteiger partial charge is 0.339 e. The van der Waals surface area contributed by atoms with Crippen molar-refractivity contribution < 1.29 is 4.79 Å². The van der Waals surface area contributed by atoms with E-state index >= 15 is 0 Å². The predicted octanol–water partition coefficient (Wildman–Crippen LogP) is 4.55. The zero-order chi connectivity index (χ0) is 16.8. The first-order valence-corrected chi connectivity index (χ1v) is 8.06. The second-order valence-electron chi connectivity index (χ2n) is 6.01. The molecule has 4 heteroatoms. The number of ketones is 1. The number of fused-ring (bicyclic) bond motifs is 4. The number of nitrogens with zero attached hydrogens (tertiary/aromatic N) is 1. The van der Waals surface area contributed by atoms with Gasteiger partial charge in [-0.3, -0.25) is 9.59 Å². The summed E-state index contributed by atoms with van der Waals surface area (Å²) in [5.74, 6) is 0.00891. The van der Waals surface area contributed by atoms with Crippen molar-refractivity contribution in [3.05, 3.63) is 70.0 Å². The van der Waals surface area contributed by atoms with Crippen molar-refractivity contribution in [2.45, 2.75) is 13.5 Å². The molecule has 0 saturated carbocycles. The third-order valence-electron chi connectivity index (χ3n) is 4.26. The lowest BCUT2D eigenvalue weighted by atomic mass is 10.00. The summed E-state index contributed by atoms with van der Waals surface area (Å²) >= 11 is 6.48. The Morgan fingerprint density at radius 1 is 1.04 bits per heavy atom. The topological polar surface area (TPSA) is 39.1 Å². The fourth-order valence-electron chi connectivity index (χ4n) is 3.26. The minimum atomic E-state index is -0.0902. The monoisotopic (exact) mass is 335 g/mol. The molecule has 4 rings (SSSR count). The summed E-state index contributed by atoms with van der Waals surface area (Å²) in [6.07, 6.45) is 1.63. The SMILES string of the molecule is CC(=O)Cn1ccc(=O)c2c3cc4ccccc4cc3cc(Cl)c21. The molecule has 3 aromatic carbocycles. The summed E-state index contributed by atoms with van der Waals surface area (Å²) in [5, 5.41) is 4.98. The van der Waals surface area contributed by atoms with Crippen LogP contribution >= 0.6 is 11.6 Å². The number of carbonyl (C=O) groups is 1. The molecule has 0 amide bonds. The van der Waals surface area contributed by atoms with E-state index < -0.39 is 0 Å². The number of benzene rings is 3. The van der Waals surface area contributed by atoms with Gasteiger partial charge in [-0.25, -0.2) is 0 Å². The van der Waals surface area contributed by atoms with Crippen LogP contribution in [-0.2, 0) is 11.3 Å². The van der Waals surface area contributed by atoms with Gasteiger partial charge in [0, 0.05) is 12.3 Å². The maximum atomic E-state index is 12.6. The first-order chi connectivity index (χ1) is 11.5. The highest BCUT2D eigenvalue weighted by atomic mass is 35.5. The van der Waals surface area contributed by atoms with Crippen molar-refractivity contribution in [2.24, 2.45) is 0 Å². The summed E-state index contributed by atoms with van der Waals surface area (Å²) in [5.41, 5.74) is 0.523. The average Bonchev–Trinajstić information content (AvgIpc) is 2.55. The van der Waals surface area contributed by atoms with Crippen molar-refractivity contribution >= 4 is 49.8 Å². The Kier molecular flexibility index (Phi) is 3.39. The lowest BCUT2D eigenvalue weighted by Crippen LogP contribution is -2.12. The van der Waals surface area contributed by atoms with Gasteiger partial charge in [-0.05, 0) is 46.7 Å². The van der Waals surface area contributed by atoms with Crippen molar-refractivity contribution in [3.8, 4) is 0 Å². The second-order valence-corrected chi connectivity index (χ2v) is 6.42. The van der Waals surface area contributed by atoms with Crippen molar-refractivity contribution in [2.75, 3.05) is 0 Å². The van der Waals surface area contributed by atoms with E-state index in [2.05, 4.69) is 0 Å². The van der Waals surface area contributed by atoms with Crippen LogP contribution in [0.3, 0.4) is 0 Å². The van der Waals surface area contributed by atoms with Crippen LogP contribution in [0.2, 0.25) is 5.02 Å². The van der Waals surface area contributed by atoms with Gasteiger partial charge in [-0.1, -0.05) is 35.9 Å². The van der Waals surface area contributed by atoms with Gasteiger partial charge in [0.15, 0.2) is 5.43 Å². The molecule has 0 aliphatic carbocycles. The molecule has 0 spiro atoms. The van der Waals surface area contributed by atoms with Crippen molar-refractivity contribution in [1.29, 1.82) is 0 Å². The maximum absolute atomic E-state index is 12.6. The fourth-order valence-corrected chi connectivity index (χ4v) is 3.58. The van der Waals surface area contributed by atoms with Gasteiger partial charge in [-0.2, -0.15) is 0 Å². The molecule has 0 atom stereocenters. The van der Waals surface area contributed by atoms with Gasteiger partial charge in [0.05, 0.1) is 22.5 Å². The van der Waals surface area contributed by atoms with E-state index in [1.54, 1.807) is 10.8 Å². The number of hydrogen-bond donors (Lipinski definition) is 0. The van der Waals surface area contributed by atoms with E-state index in [1.165, 1.54) is 13.0 Å². The number of hydrogen-bond acceptors (Lipinski definition) is 2. The predicted molar refractivity (Wildman–Crippen MR) is 98.9 cm³/mol. The van der Waals surface area contributed by atoms with E-state index in [0.29, 0.717) is 15.9 Å². The molecule has 1 heterocycles. The van der Waals surface area contributed by atoms with E-state index in [9.17, 15) is 9.59 Å². The molecule has 0 N–H and O–H groups in total. The Morgan fingerprint density at radius 3 is 2.46 bits per heavy atom. The molecule has 0 saturated heterocycles. The molecule has 24 heavy (non-hydrogen) atoms. The van der Waals surface area contributed by atoms with Gasteiger partial charge in [-0.15, -0.1) is 0 Å². The van der Waals surface area contributed by atoms with Gasteiger partial charge in [0.2, 0.25) is 0 Å². The van der Waals surface area contributed by atoms with Crippen LogP contribution in [0.5, 0.6) is 0 Å². The van der Waals surface area contributed by atoms with E-state index in [4.69, 9.17) is 11.6 Å². The molecular weight excluding hydrogens is 322 g/mol. The first kappa shape index (κ1) is 14.9. The zero-order valence-corrected chi connectivity index (χ0v) is 13.8. The number of rotatable bonds is 2. The van der Waals surface area contributed by atoms with Crippen molar-refractivity contribution in [1.82, 2.24) is 4.57 Å². The summed E-state index contributed by atoms with van der Waals surface area (Å²) in [4.78, 5) is 24.1. The Morgan fingerprint density at radius 2 is 1.75 bits per heavy atom. The molecule has 1 aromatic heterocycles. The third kappa shape index (κ3) is 2.29. The molecule has 3 nitrogen and oxygen atoms in total. The molecule has 0 radical (unpaired) electrons. The van der Waals surface area contributed by atoms with Gasteiger partial charge >= 0.3 is 0 Å². The van der Waals surface area contributed by atoms with E-state index in [1.807, 2.05) is 42.5 Å². The van der Waals surface area contributed by atoms with Crippen LogP contribution in [0.25, 0.3) is 32.4 Å². The Hall–Kier alpha value is -2.65. The lowest BCUT2D eigenvalue weighted by molar-refractivity contribution is -0.117. The molecule has 4 aromatic rings. The third-order valence-corrected chi connectivity index (χ3v) is 4.55. The normalized spacial score (nSPS) is 11.4. The number of carbonyl (C=O) groups excluding carboxylic acids is 1. The highest BCUT2D eigenvalue weighted by molar-refractivity contribution is 6.37. The molecule has 0 unspecified atom stereocenters. The minimum absolute atomic E-state index is 0.00891. The van der Waals surface area contributed by atoms with Crippen LogP contribution in [0, 0.1) is 0 Å². The highest BCUT2D eigenvalue weighted by Crippen LogP contribution is 2.32. The highest BCUT2D eigenvalue weighted by Gasteiger charge is 2.13. The van der Waals surface area contributed by atoms with Crippen LogP contribution in [0.4, 0.5) is 0 Å². The number of Topliss-reactive ketones (excluding diaryl/α,β-unsaturated/α-hetero) is 1. The van der Waals surface area contributed by atoms with Crippen LogP contribution in [-0.4, -0.2) is 10.4 Å². The zero-order valence-electron chi connectivity index (χ0n) is 13.0. The minimum Gasteiger partial charge on any atom is -0.339 e. The maximum Gasteiger partial charge on any atom is 0.190 e.